The molecule has 0 N–H and O–H groups in total. The highest BCUT2D eigenvalue weighted by atomic mass is 15.2. The van der Waals surface area contributed by atoms with Gasteiger partial charge in [0.2, 0.25) is 0 Å². The largest absolute Gasteiger partial charge is 0.247 e. The molecular formula is C49H31N3. The van der Waals surface area contributed by atoms with Gasteiger partial charge in [0.1, 0.15) is 0 Å². The predicted octanol–water partition coefficient (Wildman–Crippen LogP) is 11.9. The SMILES string of the molecule is c1ccc(C2(c3ccccc3)c3ccccc3-c3cc4c(-c5cccc(-c6ccc7c8ccccc8nn7c6)c5)nc5ccccc5c4cc32)cc1. The van der Waals surface area contributed by atoms with Crippen LogP contribution in [0.25, 0.3) is 71.6 Å². The van der Waals surface area contributed by atoms with Crippen molar-refractivity contribution in [3.05, 3.63) is 210 Å². The minimum Gasteiger partial charge on any atom is -0.247 e. The van der Waals surface area contributed by atoms with E-state index in [9.17, 15) is 0 Å². The Labute approximate surface area is 301 Å². The van der Waals surface area contributed by atoms with Crippen LogP contribution in [0.1, 0.15) is 22.3 Å². The number of pyridine rings is 2. The molecule has 0 spiro atoms. The number of para-hydroxylation sites is 1. The van der Waals surface area contributed by atoms with Gasteiger partial charge in [-0.1, -0.05) is 146 Å². The van der Waals surface area contributed by atoms with Gasteiger partial charge < -0.3 is 0 Å². The quantitative estimate of drug-likeness (QED) is 0.176. The Hall–Kier alpha value is -6.84. The molecule has 10 aromatic rings. The van der Waals surface area contributed by atoms with Crippen LogP contribution in [-0.2, 0) is 5.41 Å². The summed E-state index contributed by atoms with van der Waals surface area (Å²) in [6.45, 7) is 0. The van der Waals surface area contributed by atoms with E-state index >= 15 is 0 Å². The average molecular weight is 662 g/mol. The lowest BCUT2D eigenvalue weighted by Gasteiger charge is -2.34. The number of hydrogen-bond donors (Lipinski definition) is 0. The van der Waals surface area contributed by atoms with Crippen molar-refractivity contribution in [3.63, 3.8) is 0 Å². The van der Waals surface area contributed by atoms with Gasteiger partial charge in [-0.05, 0) is 80.7 Å². The van der Waals surface area contributed by atoms with Gasteiger partial charge in [-0.2, -0.15) is 5.10 Å². The molecule has 7 aromatic carbocycles. The van der Waals surface area contributed by atoms with Crippen molar-refractivity contribution in [2.75, 3.05) is 0 Å². The highest BCUT2D eigenvalue weighted by Gasteiger charge is 2.46. The van der Waals surface area contributed by atoms with E-state index < -0.39 is 5.41 Å². The lowest BCUT2D eigenvalue weighted by Crippen LogP contribution is -2.28. The molecule has 0 radical (unpaired) electrons. The van der Waals surface area contributed by atoms with Crippen molar-refractivity contribution in [1.29, 1.82) is 0 Å². The Morgan fingerprint density at radius 2 is 1.08 bits per heavy atom. The zero-order valence-corrected chi connectivity index (χ0v) is 28.2. The fourth-order valence-corrected chi connectivity index (χ4v) is 8.80. The predicted molar refractivity (Wildman–Crippen MR) is 214 cm³/mol. The van der Waals surface area contributed by atoms with E-state index in [0.717, 1.165) is 55.1 Å². The molecule has 1 aliphatic rings. The molecule has 3 aromatic heterocycles. The Morgan fingerprint density at radius 1 is 0.404 bits per heavy atom. The number of aromatic nitrogens is 3. The monoisotopic (exact) mass is 661 g/mol. The van der Waals surface area contributed by atoms with Crippen LogP contribution in [0.3, 0.4) is 0 Å². The smallest absolute Gasteiger partial charge is 0.0933 e. The van der Waals surface area contributed by atoms with Crippen LogP contribution in [-0.4, -0.2) is 14.6 Å². The molecule has 0 saturated heterocycles. The molecular weight excluding hydrogens is 631 g/mol. The second-order valence-electron chi connectivity index (χ2n) is 13.8. The maximum atomic E-state index is 5.40. The lowest BCUT2D eigenvalue weighted by atomic mass is 9.67. The normalized spacial score (nSPS) is 13.2. The van der Waals surface area contributed by atoms with Gasteiger partial charge in [0, 0.05) is 33.5 Å². The number of fused-ring (bicyclic) bond motifs is 9. The highest BCUT2D eigenvalue weighted by Crippen LogP contribution is 2.57. The molecule has 11 rings (SSSR count). The Balaban J connectivity index is 1.18. The zero-order valence-electron chi connectivity index (χ0n) is 28.2. The molecule has 0 amide bonds. The molecule has 0 aliphatic heterocycles. The van der Waals surface area contributed by atoms with Gasteiger partial charge in [0.15, 0.2) is 0 Å². The summed E-state index contributed by atoms with van der Waals surface area (Å²) in [5.41, 5.74) is 14.6. The van der Waals surface area contributed by atoms with Crippen molar-refractivity contribution in [2.24, 2.45) is 0 Å². The molecule has 0 unspecified atom stereocenters. The molecule has 242 valence electrons. The first kappa shape index (κ1) is 28.9. The van der Waals surface area contributed by atoms with Crippen LogP contribution in [0.4, 0.5) is 0 Å². The molecule has 52 heavy (non-hydrogen) atoms. The first-order chi connectivity index (χ1) is 25.8. The van der Waals surface area contributed by atoms with Crippen LogP contribution < -0.4 is 0 Å². The molecule has 3 heterocycles. The maximum absolute atomic E-state index is 5.40. The summed E-state index contributed by atoms with van der Waals surface area (Å²) in [7, 11) is 0. The molecule has 0 bridgehead atoms. The summed E-state index contributed by atoms with van der Waals surface area (Å²) in [6.07, 6.45) is 2.14. The van der Waals surface area contributed by atoms with E-state index in [1.807, 2.05) is 10.6 Å². The molecule has 0 atom stereocenters. The molecule has 0 saturated carbocycles. The van der Waals surface area contributed by atoms with Crippen molar-refractivity contribution >= 4 is 38.1 Å². The second-order valence-corrected chi connectivity index (χ2v) is 13.8. The van der Waals surface area contributed by atoms with Crippen LogP contribution in [0.5, 0.6) is 0 Å². The molecule has 3 nitrogen and oxygen atoms in total. The molecule has 1 aliphatic carbocycles. The third-order valence-corrected chi connectivity index (χ3v) is 11.1. The maximum Gasteiger partial charge on any atom is 0.0933 e. The van der Waals surface area contributed by atoms with Crippen LogP contribution in [0.15, 0.2) is 188 Å². The fraction of sp³-hybridized carbons (Fsp3) is 0.0204. The summed E-state index contributed by atoms with van der Waals surface area (Å²) in [5, 5.41) is 9.54. The summed E-state index contributed by atoms with van der Waals surface area (Å²) in [4.78, 5) is 5.40. The first-order valence-electron chi connectivity index (χ1n) is 17.8. The van der Waals surface area contributed by atoms with Crippen LogP contribution in [0, 0.1) is 0 Å². The third kappa shape index (κ3) is 4.08. The number of benzene rings is 7. The van der Waals surface area contributed by atoms with E-state index in [1.165, 1.54) is 38.8 Å². The minimum absolute atomic E-state index is 0.469. The van der Waals surface area contributed by atoms with E-state index in [2.05, 4.69) is 182 Å². The van der Waals surface area contributed by atoms with Crippen molar-refractivity contribution in [2.45, 2.75) is 5.41 Å². The highest BCUT2D eigenvalue weighted by molar-refractivity contribution is 6.13. The van der Waals surface area contributed by atoms with Gasteiger partial charge in [0.25, 0.3) is 0 Å². The standard InChI is InChI=1S/C49H31N3/c1-3-16-35(17-4-1)49(36-18-5-2-6-19-36)43-23-10-7-20-37(43)41-29-42-40(30-44(41)49)38-21-8-11-24-45(38)50-48(42)33-15-13-14-32(28-33)34-26-27-47-39-22-9-12-25-46(39)51-52(47)31-34/h1-31H. The summed E-state index contributed by atoms with van der Waals surface area (Å²) in [6, 6.07) is 65.9. The molecule has 3 heteroatoms. The fourth-order valence-electron chi connectivity index (χ4n) is 8.80. The second kappa shape index (κ2) is 11.1. The summed E-state index contributed by atoms with van der Waals surface area (Å²) >= 11 is 0. The van der Waals surface area contributed by atoms with Crippen molar-refractivity contribution in [3.8, 4) is 33.5 Å². The van der Waals surface area contributed by atoms with Crippen LogP contribution >= 0.6 is 0 Å². The Kier molecular flexibility index (Phi) is 6.17. The number of nitrogens with zero attached hydrogens (tertiary/aromatic N) is 3. The van der Waals surface area contributed by atoms with E-state index in [-0.39, 0.29) is 0 Å². The topological polar surface area (TPSA) is 30.2 Å². The van der Waals surface area contributed by atoms with Gasteiger partial charge in [-0.3, -0.25) is 0 Å². The van der Waals surface area contributed by atoms with Crippen molar-refractivity contribution in [1.82, 2.24) is 14.6 Å². The first-order valence-corrected chi connectivity index (χ1v) is 17.8. The molecule has 0 fully saturated rings. The van der Waals surface area contributed by atoms with Gasteiger partial charge >= 0.3 is 0 Å². The van der Waals surface area contributed by atoms with E-state index in [0.29, 0.717) is 0 Å². The third-order valence-electron chi connectivity index (χ3n) is 11.1. The Morgan fingerprint density at radius 3 is 1.88 bits per heavy atom. The number of rotatable bonds is 4. The average Bonchev–Trinajstić information content (AvgIpc) is 3.73. The lowest BCUT2D eigenvalue weighted by molar-refractivity contribution is 0.769. The van der Waals surface area contributed by atoms with E-state index in [1.54, 1.807) is 0 Å². The van der Waals surface area contributed by atoms with Gasteiger partial charge in [0.05, 0.1) is 27.7 Å². The van der Waals surface area contributed by atoms with Crippen molar-refractivity contribution < 1.29 is 0 Å². The number of hydrogen-bond acceptors (Lipinski definition) is 2. The van der Waals surface area contributed by atoms with Gasteiger partial charge in [-0.25, -0.2) is 9.50 Å². The van der Waals surface area contributed by atoms with Gasteiger partial charge in [-0.15, -0.1) is 0 Å². The zero-order chi connectivity index (χ0) is 34.2. The Bertz CT molecular complexity index is 2970. The summed E-state index contributed by atoms with van der Waals surface area (Å²) in [5.74, 6) is 0. The summed E-state index contributed by atoms with van der Waals surface area (Å²) < 4.78 is 2.00. The minimum atomic E-state index is -0.469. The van der Waals surface area contributed by atoms with Crippen LogP contribution in [0.2, 0.25) is 0 Å². The van der Waals surface area contributed by atoms with E-state index in [4.69, 9.17) is 10.1 Å².